The molecule has 158 valence electrons. The Morgan fingerprint density at radius 2 is 0.812 bits per heavy atom. The summed E-state index contributed by atoms with van der Waals surface area (Å²) in [7, 11) is 0. The van der Waals surface area contributed by atoms with Gasteiger partial charge in [0.25, 0.3) is 0 Å². The van der Waals surface area contributed by atoms with E-state index in [1.807, 2.05) is 0 Å². The van der Waals surface area contributed by atoms with Crippen LogP contribution in [0, 0.1) is 6.92 Å². The monoisotopic (exact) mass is 417 g/mol. The van der Waals surface area contributed by atoms with Gasteiger partial charge in [-0.05, 0) is 84.5 Å². The fourth-order valence-corrected chi connectivity index (χ4v) is 4.87. The molecular weight excluding hydrogens is 390 g/mol. The van der Waals surface area contributed by atoms with E-state index >= 15 is 0 Å². The van der Waals surface area contributed by atoms with E-state index in [1.165, 1.54) is 67.6 Å². The van der Waals surface area contributed by atoms with Crippen LogP contribution in [0.2, 0.25) is 0 Å². The standard InChI is InChI=1S/C29H27N3/c1-18-3-5-20(15-18)26-11-12-27(31-26)23-8-9-24(17-23)29-14-13-28(32-29)22-7-6-21(16-22)25-10-4-19(2)30-25/h3-14,30-32H,15-17H2,1-2H3. The normalized spacial score (nSPS) is 17.8. The Bertz CT molecular complexity index is 1400. The Morgan fingerprint density at radius 1 is 0.438 bits per heavy atom. The van der Waals surface area contributed by atoms with Gasteiger partial charge in [-0.3, -0.25) is 0 Å². The molecule has 3 heteroatoms. The fourth-order valence-electron chi connectivity index (χ4n) is 4.87. The fraction of sp³-hybridized carbons (Fsp3) is 0.172. The molecule has 6 rings (SSSR count). The highest BCUT2D eigenvalue weighted by molar-refractivity contribution is 5.88. The van der Waals surface area contributed by atoms with Crippen LogP contribution >= 0.6 is 0 Å². The van der Waals surface area contributed by atoms with Gasteiger partial charge in [0.1, 0.15) is 0 Å². The number of hydrogen-bond donors (Lipinski definition) is 3. The van der Waals surface area contributed by atoms with Crippen molar-refractivity contribution in [2.24, 2.45) is 0 Å². The Hall–Kier alpha value is -3.72. The van der Waals surface area contributed by atoms with Gasteiger partial charge in [-0.2, -0.15) is 0 Å². The number of H-pyrrole nitrogens is 3. The first-order valence-electron chi connectivity index (χ1n) is 11.3. The minimum absolute atomic E-state index is 0.945. The second-order valence-electron chi connectivity index (χ2n) is 9.13. The van der Waals surface area contributed by atoms with Crippen molar-refractivity contribution in [3.05, 3.63) is 113 Å². The molecular formula is C29H27N3. The number of aromatic nitrogens is 3. The number of hydrogen-bond acceptors (Lipinski definition) is 0. The maximum atomic E-state index is 3.66. The topological polar surface area (TPSA) is 47.4 Å². The average Bonchev–Trinajstić information content (AvgIpc) is 3.61. The summed E-state index contributed by atoms with van der Waals surface area (Å²) in [5.41, 5.74) is 15.5. The van der Waals surface area contributed by atoms with Crippen LogP contribution in [-0.4, -0.2) is 15.0 Å². The summed E-state index contributed by atoms with van der Waals surface area (Å²) < 4.78 is 0. The van der Waals surface area contributed by atoms with Gasteiger partial charge in [-0.1, -0.05) is 42.0 Å². The van der Waals surface area contributed by atoms with E-state index in [0.29, 0.717) is 0 Å². The first-order chi connectivity index (χ1) is 15.6. The van der Waals surface area contributed by atoms with Crippen LogP contribution in [0.1, 0.15) is 60.3 Å². The smallest absolute Gasteiger partial charge is 0.0421 e. The Balaban J connectivity index is 1.11. The van der Waals surface area contributed by atoms with Crippen LogP contribution in [0.4, 0.5) is 0 Å². The van der Waals surface area contributed by atoms with Crippen molar-refractivity contribution in [2.75, 3.05) is 0 Å². The second kappa shape index (κ2) is 7.45. The molecule has 0 saturated carbocycles. The number of aryl methyl sites for hydroxylation is 1. The summed E-state index contributed by atoms with van der Waals surface area (Å²) >= 11 is 0. The van der Waals surface area contributed by atoms with Crippen molar-refractivity contribution >= 4 is 27.9 Å². The molecule has 3 aromatic rings. The number of allylic oxidation sites excluding steroid dienone is 12. The van der Waals surface area contributed by atoms with Crippen molar-refractivity contribution in [3.8, 4) is 0 Å². The van der Waals surface area contributed by atoms with Crippen LogP contribution in [0.25, 0.3) is 27.9 Å². The number of nitrogens with one attached hydrogen (secondary N) is 3. The molecule has 0 unspecified atom stereocenters. The molecule has 3 heterocycles. The molecule has 3 nitrogen and oxygen atoms in total. The summed E-state index contributed by atoms with van der Waals surface area (Å²) in [4.78, 5) is 10.7. The van der Waals surface area contributed by atoms with Gasteiger partial charge in [0.2, 0.25) is 0 Å². The molecule has 0 radical (unpaired) electrons. The van der Waals surface area contributed by atoms with E-state index in [2.05, 4.69) is 102 Å². The van der Waals surface area contributed by atoms with Gasteiger partial charge >= 0.3 is 0 Å². The van der Waals surface area contributed by atoms with Crippen LogP contribution in [0.15, 0.2) is 78.4 Å². The lowest BCUT2D eigenvalue weighted by molar-refractivity contribution is 1.20. The predicted octanol–water partition coefficient (Wildman–Crippen LogP) is 7.45. The summed E-state index contributed by atoms with van der Waals surface area (Å²) in [6.07, 6.45) is 16.4. The van der Waals surface area contributed by atoms with Crippen LogP contribution < -0.4 is 0 Å². The van der Waals surface area contributed by atoms with Crippen molar-refractivity contribution in [3.63, 3.8) is 0 Å². The highest BCUT2D eigenvalue weighted by Crippen LogP contribution is 2.37. The summed E-state index contributed by atoms with van der Waals surface area (Å²) in [6.45, 7) is 4.29. The largest absolute Gasteiger partial charge is 0.359 e. The van der Waals surface area contributed by atoms with Gasteiger partial charge in [-0.25, -0.2) is 0 Å². The molecule has 3 N–H and O–H groups in total. The molecule has 0 aliphatic heterocycles. The van der Waals surface area contributed by atoms with E-state index in [-0.39, 0.29) is 0 Å². The van der Waals surface area contributed by atoms with Crippen molar-refractivity contribution in [1.29, 1.82) is 0 Å². The highest BCUT2D eigenvalue weighted by Gasteiger charge is 2.18. The third-order valence-electron chi connectivity index (χ3n) is 6.71. The first kappa shape index (κ1) is 19.0. The van der Waals surface area contributed by atoms with Gasteiger partial charge in [0, 0.05) is 47.0 Å². The van der Waals surface area contributed by atoms with Crippen LogP contribution in [-0.2, 0) is 0 Å². The zero-order valence-corrected chi connectivity index (χ0v) is 18.5. The highest BCUT2D eigenvalue weighted by atomic mass is 14.8. The lowest BCUT2D eigenvalue weighted by atomic mass is 10.1. The van der Waals surface area contributed by atoms with E-state index in [0.717, 1.165) is 19.3 Å². The number of aromatic amines is 3. The maximum absolute atomic E-state index is 3.66. The molecule has 0 amide bonds. The van der Waals surface area contributed by atoms with E-state index in [1.54, 1.807) is 0 Å². The van der Waals surface area contributed by atoms with E-state index in [9.17, 15) is 0 Å². The molecule has 3 aliphatic carbocycles. The lowest BCUT2D eigenvalue weighted by Gasteiger charge is -2.05. The van der Waals surface area contributed by atoms with E-state index in [4.69, 9.17) is 0 Å². The molecule has 32 heavy (non-hydrogen) atoms. The summed E-state index contributed by atoms with van der Waals surface area (Å²) in [5.74, 6) is 0. The SMILES string of the molecule is CC1=CC=C(c2ccc(C3=CC=C(c4ccc(C5=CC=C(c6ccc(C)[nH]6)C5)[nH]4)C3)[nH]2)C1. The Morgan fingerprint density at radius 3 is 1.19 bits per heavy atom. The second-order valence-corrected chi connectivity index (χ2v) is 9.13. The average molecular weight is 418 g/mol. The van der Waals surface area contributed by atoms with Gasteiger partial charge in [-0.15, -0.1) is 0 Å². The molecule has 0 bridgehead atoms. The quantitative estimate of drug-likeness (QED) is 0.386. The molecule has 0 spiro atoms. The number of rotatable bonds is 5. The van der Waals surface area contributed by atoms with Crippen molar-refractivity contribution < 1.29 is 0 Å². The summed E-state index contributed by atoms with van der Waals surface area (Å²) in [5, 5.41) is 0. The lowest BCUT2D eigenvalue weighted by Crippen LogP contribution is -1.89. The third kappa shape index (κ3) is 3.40. The predicted molar refractivity (Wildman–Crippen MR) is 135 cm³/mol. The zero-order valence-electron chi connectivity index (χ0n) is 18.5. The van der Waals surface area contributed by atoms with E-state index < -0.39 is 0 Å². The van der Waals surface area contributed by atoms with Gasteiger partial charge in [0.15, 0.2) is 0 Å². The minimum Gasteiger partial charge on any atom is -0.359 e. The molecule has 0 aromatic carbocycles. The molecule has 3 aliphatic rings. The van der Waals surface area contributed by atoms with Gasteiger partial charge < -0.3 is 15.0 Å². The van der Waals surface area contributed by atoms with Crippen LogP contribution in [0.3, 0.4) is 0 Å². The minimum atomic E-state index is 0.945. The van der Waals surface area contributed by atoms with Crippen molar-refractivity contribution in [1.82, 2.24) is 15.0 Å². The maximum Gasteiger partial charge on any atom is 0.0421 e. The molecule has 0 saturated heterocycles. The summed E-state index contributed by atoms with van der Waals surface area (Å²) in [6, 6.07) is 13.2. The Kier molecular flexibility index (Phi) is 4.43. The first-order valence-corrected chi connectivity index (χ1v) is 11.3. The van der Waals surface area contributed by atoms with Crippen molar-refractivity contribution in [2.45, 2.75) is 33.1 Å². The molecule has 3 aromatic heterocycles. The zero-order chi connectivity index (χ0) is 21.7. The molecule has 0 atom stereocenters. The van der Waals surface area contributed by atoms with Gasteiger partial charge in [0.05, 0.1) is 0 Å². The van der Waals surface area contributed by atoms with Crippen LogP contribution in [0.5, 0.6) is 0 Å². The molecule has 0 fully saturated rings. The Labute approximate surface area is 188 Å². The third-order valence-corrected chi connectivity index (χ3v) is 6.71.